The van der Waals surface area contributed by atoms with E-state index >= 15 is 0 Å². The summed E-state index contributed by atoms with van der Waals surface area (Å²) < 4.78 is 74.4. The summed E-state index contributed by atoms with van der Waals surface area (Å²) >= 11 is 8.95. The minimum atomic E-state index is -4.77. The highest BCUT2D eigenvalue weighted by Crippen LogP contribution is 2.61. The lowest BCUT2D eigenvalue weighted by atomic mass is 10.0. The van der Waals surface area contributed by atoms with Crippen molar-refractivity contribution >= 4 is 78.4 Å². The van der Waals surface area contributed by atoms with E-state index < -0.39 is 48.4 Å². The molecule has 16 heteroatoms. The minimum Gasteiger partial charge on any atom is -0.743 e. The first kappa shape index (κ1) is 29.3. The van der Waals surface area contributed by atoms with Crippen LogP contribution >= 0.6 is 35.1 Å². The number of nitrogens with zero attached hydrogens (tertiary/aromatic N) is 3. The number of carboxylic acid groups (broad SMARTS) is 1. The summed E-state index contributed by atoms with van der Waals surface area (Å²) in [4.78, 5) is 14.5. The first-order valence-corrected chi connectivity index (χ1v) is 17.7. The maximum absolute atomic E-state index is 12.5. The summed E-state index contributed by atoms with van der Waals surface area (Å²) in [6, 6.07) is 9.36. The largest absolute Gasteiger partial charge is 0.743 e. The Morgan fingerprint density at radius 1 is 1.02 bits per heavy atom. The Hall–Kier alpha value is -1.82. The molecule has 41 heavy (non-hydrogen) atoms. The zero-order chi connectivity index (χ0) is 29.7. The van der Waals surface area contributed by atoms with Crippen molar-refractivity contribution in [3.8, 4) is 0 Å². The van der Waals surface area contributed by atoms with Gasteiger partial charge < -0.3 is 23.9 Å². The van der Waals surface area contributed by atoms with Crippen LogP contribution in [0.4, 0.5) is 17.1 Å². The van der Waals surface area contributed by atoms with Crippen LogP contribution in [-0.4, -0.2) is 74.2 Å². The molecule has 6 unspecified atom stereocenters. The van der Waals surface area contributed by atoms with Crippen LogP contribution in [0.3, 0.4) is 0 Å². The van der Waals surface area contributed by atoms with Gasteiger partial charge in [0, 0.05) is 29.9 Å². The molecule has 0 radical (unpaired) electrons. The Bertz CT molecular complexity index is 1740. The van der Waals surface area contributed by atoms with E-state index in [-0.39, 0.29) is 21.8 Å². The van der Waals surface area contributed by atoms with Gasteiger partial charge in [-0.15, -0.1) is 0 Å². The van der Waals surface area contributed by atoms with Crippen LogP contribution < -0.4 is 19.0 Å². The molecule has 2 fully saturated rings. The molecule has 2 aromatic carbocycles. The van der Waals surface area contributed by atoms with Crippen molar-refractivity contribution in [3.63, 3.8) is 0 Å². The summed E-state index contributed by atoms with van der Waals surface area (Å²) in [7, 11) is -7.88. The zero-order valence-electron chi connectivity index (χ0n) is 21.8. The normalized spacial score (nSPS) is 31.9. The van der Waals surface area contributed by atoms with E-state index in [2.05, 4.69) is 0 Å². The first-order chi connectivity index (χ1) is 19.1. The molecule has 0 aliphatic carbocycles. The number of anilines is 1. The fraction of sp³-hybridized carbons (Fsp3) is 0.400. The van der Waals surface area contributed by atoms with E-state index in [1.54, 1.807) is 43.4 Å². The van der Waals surface area contributed by atoms with E-state index in [0.29, 0.717) is 45.1 Å². The monoisotopic (exact) mass is 658 g/mol. The number of fused-ring (bicyclic) bond motifs is 4. The van der Waals surface area contributed by atoms with E-state index in [4.69, 9.17) is 11.6 Å². The van der Waals surface area contributed by atoms with Crippen LogP contribution in [0.2, 0.25) is 5.02 Å². The maximum atomic E-state index is 12.5. The number of aliphatic carboxylic acids is 1. The number of quaternary nitrogens is 2. The van der Waals surface area contributed by atoms with E-state index in [9.17, 15) is 35.8 Å². The van der Waals surface area contributed by atoms with Gasteiger partial charge in [0.1, 0.15) is 5.69 Å². The molecule has 2 saturated heterocycles. The SMILES string of the molecule is CC(C(=O)[O-])N(C)c1ccc2c(c1)[N+]1(CCC1S(=O)(=O)[O-])/C(=C/C1Sc3ccc(Cl)cc3[N+]13CCC3S(=O)(=O)[O-])S2. The van der Waals surface area contributed by atoms with Crippen LogP contribution in [-0.2, 0) is 25.0 Å². The molecule has 2 aromatic rings. The summed E-state index contributed by atoms with van der Waals surface area (Å²) in [5, 5.41) is 9.32. The van der Waals surface area contributed by atoms with Gasteiger partial charge in [0.25, 0.3) is 0 Å². The van der Waals surface area contributed by atoms with Crippen LogP contribution in [0.1, 0.15) is 19.8 Å². The zero-order valence-corrected chi connectivity index (χ0v) is 25.8. The predicted octanol–water partition coefficient (Wildman–Crippen LogP) is 2.16. The number of hydrogen-bond acceptors (Lipinski definition) is 11. The Balaban J connectivity index is 1.50. The van der Waals surface area contributed by atoms with Crippen molar-refractivity contribution in [2.24, 2.45) is 0 Å². The quantitative estimate of drug-likeness (QED) is 0.331. The Labute approximate surface area is 251 Å². The molecule has 2 spiro atoms. The van der Waals surface area contributed by atoms with Crippen molar-refractivity contribution in [1.82, 2.24) is 8.97 Å². The summed E-state index contributed by atoms with van der Waals surface area (Å²) in [6.45, 7) is 2.15. The number of likely N-dealkylation sites (N-methyl/N-ethyl adjacent to an activating group) is 1. The Kier molecular flexibility index (Phi) is 6.85. The van der Waals surface area contributed by atoms with Crippen molar-refractivity contribution in [3.05, 3.63) is 52.5 Å². The number of benzene rings is 2. The lowest BCUT2D eigenvalue weighted by Crippen LogP contribution is -2.71. The van der Waals surface area contributed by atoms with Crippen molar-refractivity contribution < 1.29 is 35.8 Å². The molecule has 4 heterocycles. The minimum absolute atomic E-state index is 0.129. The molecular formula is C25H25ClN3O8S4-. The highest BCUT2D eigenvalue weighted by Gasteiger charge is 2.64. The van der Waals surface area contributed by atoms with Crippen LogP contribution in [0, 0.1) is 0 Å². The third-order valence-electron chi connectivity index (χ3n) is 8.81. The second-order valence-electron chi connectivity index (χ2n) is 10.7. The average molecular weight is 659 g/mol. The van der Waals surface area contributed by atoms with Gasteiger partial charge in [-0.2, -0.15) is 0 Å². The van der Waals surface area contributed by atoms with Gasteiger partial charge in [-0.05, 0) is 43.0 Å². The predicted molar refractivity (Wildman–Crippen MR) is 154 cm³/mol. The molecule has 0 amide bonds. The van der Waals surface area contributed by atoms with Crippen LogP contribution in [0.25, 0.3) is 0 Å². The lowest BCUT2D eigenvalue weighted by Gasteiger charge is -2.53. The number of thioether (sulfide) groups is 2. The number of rotatable bonds is 6. The topological polar surface area (TPSA) is 158 Å². The average Bonchev–Trinajstić information content (AvgIpc) is 3.33. The second kappa shape index (κ2) is 9.59. The molecule has 220 valence electrons. The second-order valence-corrected chi connectivity index (χ2v) is 16.4. The highest BCUT2D eigenvalue weighted by atomic mass is 35.5. The Morgan fingerprint density at radius 3 is 2.24 bits per heavy atom. The van der Waals surface area contributed by atoms with Gasteiger partial charge in [-0.1, -0.05) is 23.4 Å². The third kappa shape index (κ3) is 4.27. The van der Waals surface area contributed by atoms with Gasteiger partial charge in [0.15, 0.2) is 47.1 Å². The Morgan fingerprint density at radius 2 is 1.68 bits per heavy atom. The molecule has 4 aliphatic heterocycles. The number of carbonyl (C=O) groups excluding carboxylic acids is 1. The summed E-state index contributed by atoms with van der Waals surface area (Å²) in [5.41, 5.74) is 1.69. The lowest BCUT2D eigenvalue weighted by molar-refractivity contribution is -0.306. The maximum Gasteiger partial charge on any atom is 0.194 e. The van der Waals surface area contributed by atoms with Crippen molar-refractivity contribution in [2.75, 3.05) is 25.0 Å². The molecule has 6 atom stereocenters. The molecule has 0 aromatic heterocycles. The molecule has 0 bridgehead atoms. The number of carbonyl (C=O) groups is 1. The van der Waals surface area contributed by atoms with Crippen molar-refractivity contribution in [1.29, 1.82) is 0 Å². The first-order valence-electron chi connectivity index (χ1n) is 12.7. The smallest absolute Gasteiger partial charge is 0.194 e. The fourth-order valence-electron chi connectivity index (χ4n) is 6.39. The number of carboxylic acids is 1. The van der Waals surface area contributed by atoms with Crippen LogP contribution in [0.15, 0.2) is 57.3 Å². The molecule has 11 nitrogen and oxygen atoms in total. The van der Waals surface area contributed by atoms with Gasteiger partial charge in [0.05, 0.1) is 53.8 Å². The van der Waals surface area contributed by atoms with Gasteiger partial charge in [0.2, 0.25) is 0 Å². The molecular weight excluding hydrogens is 634 g/mol. The molecule has 0 N–H and O–H groups in total. The standard InChI is InChI=1S/C25H26ClN3O8S4/c1-14(25(30)31)27(2)16-4-6-20-18(12-16)29(10-8-24(29)41(35,36)37)22(39-20)13-21-28(9-7-23(28)40(32,33)34)17-11-15(26)3-5-19(17)38-21/h3-6,11-14,21,23-24H,7-10H2,1-2H3,(H-2,30,31,32,33,34,35,36,37)/p-1/b22-13-. The van der Waals surface area contributed by atoms with Gasteiger partial charge in [-0.25, -0.2) is 21.3 Å². The van der Waals surface area contributed by atoms with Crippen LogP contribution in [0.5, 0.6) is 0 Å². The molecule has 6 rings (SSSR count). The van der Waals surface area contributed by atoms with E-state index in [1.165, 1.54) is 35.3 Å². The third-order valence-corrected chi connectivity index (χ3v) is 14.2. The molecule has 0 saturated carbocycles. The number of hydrogen-bond donors (Lipinski definition) is 0. The summed E-state index contributed by atoms with van der Waals surface area (Å²) in [6.07, 6.45) is 2.12. The van der Waals surface area contributed by atoms with Gasteiger partial charge >= 0.3 is 0 Å². The fourth-order valence-corrected chi connectivity index (χ4v) is 12.0. The van der Waals surface area contributed by atoms with E-state index in [0.717, 1.165) is 4.90 Å². The molecule has 4 aliphatic rings. The van der Waals surface area contributed by atoms with Crippen molar-refractivity contribution in [2.45, 2.75) is 51.7 Å². The highest BCUT2D eigenvalue weighted by molar-refractivity contribution is 8.04. The van der Waals surface area contributed by atoms with E-state index in [1.807, 2.05) is 6.08 Å². The summed E-state index contributed by atoms with van der Waals surface area (Å²) in [5.74, 6) is -1.28. The van der Waals surface area contributed by atoms with Gasteiger partial charge in [-0.3, -0.25) is 4.48 Å². The number of halogens is 1.